The zero-order valence-corrected chi connectivity index (χ0v) is 14.6. The van der Waals surface area contributed by atoms with Gasteiger partial charge in [0.25, 0.3) is 0 Å². The average molecular weight is 319 g/mol. The number of halogens is 2. The molecule has 0 aliphatic heterocycles. The van der Waals surface area contributed by atoms with Crippen LogP contribution in [0, 0.1) is 0 Å². The molecule has 0 saturated carbocycles. The maximum absolute atomic E-state index is 11.0. The first-order valence-electron chi connectivity index (χ1n) is 5.56. The van der Waals surface area contributed by atoms with Gasteiger partial charge in [0, 0.05) is 6.92 Å². The van der Waals surface area contributed by atoms with Crippen LogP contribution in [0.1, 0.15) is 6.92 Å². The summed E-state index contributed by atoms with van der Waals surface area (Å²) in [5.41, 5.74) is 1.19. The van der Waals surface area contributed by atoms with Gasteiger partial charge in [0.1, 0.15) is 0 Å². The van der Waals surface area contributed by atoms with E-state index in [0.717, 1.165) is 0 Å². The van der Waals surface area contributed by atoms with Crippen LogP contribution >= 0.6 is 23.2 Å². The number of carbonyl (C=O) groups excluding carboxylic acids is 1. The van der Waals surface area contributed by atoms with Gasteiger partial charge in [-0.2, -0.15) is 0 Å². The number of hydrogen-bond donors (Lipinski definition) is 1. The Kier molecular flexibility index (Phi) is 6.86. The standard InChI is InChI=1S/C14H11Cl2NO2.Na/c1-9(18)19-13-8-3-2-7-12(13)17-14-10(15)5-4-6-11(14)16;/h2-8,17H,1H3;/q;+1. The molecule has 6 heteroatoms. The molecule has 0 aromatic heterocycles. The molecule has 0 spiro atoms. The monoisotopic (exact) mass is 318 g/mol. The van der Waals surface area contributed by atoms with E-state index in [4.69, 9.17) is 27.9 Å². The van der Waals surface area contributed by atoms with E-state index in [1.807, 2.05) is 6.07 Å². The summed E-state index contributed by atoms with van der Waals surface area (Å²) in [5.74, 6) is 0.0329. The molecule has 20 heavy (non-hydrogen) atoms. The first-order valence-corrected chi connectivity index (χ1v) is 6.32. The molecule has 0 atom stereocenters. The summed E-state index contributed by atoms with van der Waals surface area (Å²) in [6, 6.07) is 12.3. The fourth-order valence-corrected chi connectivity index (χ4v) is 2.06. The molecule has 98 valence electrons. The fourth-order valence-electron chi connectivity index (χ4n) is 1.57. The summed E-state index contributed by atoms with van der Waals surface area (Å²) < 4.78 is 5.11. The van der Waals surface area contributed by atoms with Gasteiger partial charge in [0.05, 0.1) is 21.4 Å². The molecule has 0 radical (unpaired) electrons. The van der Waals surface area contributed by atoms with Gasteiger partial charge in [-0.05, 0) is 24.3 Å². The van der Waals surface area contributed by atoms with Crippen LogP contribution in [0.3, 0.4) is 0 Å². The molecule has 2 rings (SSSR count). The number of anilines is 2. The predicted octanol–water partition coefficient (Wildman–Crippen LogP) is 1.67. The van der Waals surface area contributed by atoms with Gasteiger partial charge in [0.2, 0.25) is 0 Å². The molecule has 0 saturated heterocycles. The third-order valence-corrected chi connectivity index (χ3v) is 2.99. The molecule has 0 aliphatic carbocycles. The molecule has 0 fully saturated rings. The van der Waals surface area contributed by atoms with Gasteiger partial charge in [0.15, 0.2) is 5.75 Å². The van der Waals surface area contributed by atoms with E-state index >= 15 is 0 Å². The van der Waals surface area contributed by atoms with Crippen LogP contribution in [0.25, 0.3) is 0 Å². The van der Waals surface area contributed by atoms with E-state index in [1.165, 1.54) is 6.92 Å². The van der Waals surface area contributed by atoms with Crippen LogP contribution < -0.4 is 39.6 Å². The molecule has 1 N–H and O–H groups in total. The van der Waals surface area contributed by atoms with Gasteiger partial charge in [-0.15, -0.1) is 0 Å². The molecule has 2 aromatic carbocycles. The summed E-state index contributed by atoms with van der Waals surface area (Å²) >= 11 is 12.2. The zero-order valence-electron chi connectivity index (χ0n) is 11.1. The molecule has 0 unspecified atom stereocenters. The number of nitrogens with one attached hydrogen (secondary N) is 1. The van der Waals surface area contributed by atoms with E-state index in [0.29, 0.717) is 27.2 Å². The number of para-hydroxylation sites is 3. The van der Waals surface area contributed by atoms with Crippen molar-refractivity contribution in [2.24, 2.45) is 0 Å². The van der Waals surface area contributed by atoms with Crippen molar-refractivity contribution >= 4 is 40.5 Å². The molecule has 2 aromatic rings. The second-order valence-electron chi connectivity index (χ2n) is 3.81. The minimum absolute atomic E-state index is 0. The minimum Gasteiger partial charge on any atom is -0.424 e. The topological polar surface area (TPSA) is 38.3 Å². The van der Waals surface area contributed by atoms with Crippen molar-refractivity contribution < 1.29 is 39.1 Å². The largest absolute Gasteiger partial charge is 1.00 e. The summed E-state index contributed by atoms with van der Waals surface area (Å²) in [7, 11) is 0. The third kappa shape index (κ3) is 4.40. The van der Waals surface area contributed by atoms with Gasteiger partial charge in [-0.3, -0.25) is 4.79 Å². The van der Waals surface area contributed by atoms with Crippen molar-refractivity contribution in [3.63, 3.8) is 0 Å². The Hall–Kier alpha value is -0.710. The van der Waals surface area contributed by atoms with E-state index in [1.54, 1.807) is 36.4 Å². The predicted molar refractivity (Wildman–Crippen MR) is 77.5 cm³/mol. The number of hydrogen-bond acceptors (Lipinski definition) is 3. The molecule has 0 heterocycles. The van der Waals surface area contributed by atoms with Crippen LogP contribution in [-0.4, -0.2) is 5.97 Å². The first kappa shape index (κ1) is 17.3. The summed E-state index contributed by atoms with van der Waals surface area (Å²) in [5, 5.41) is 4.06. The minimum atomic E-state index is -0.389. The van der Waals surface area contributed by atoms with Crippen molar-refractivity contribution in [3.8, 4) is 5.75 Å². The Bertz CT molecular complexity index is 600. The van der Waals surface area contributed by atoms with E-state index in [9.17, 15) is 4.79 Å². The fraction of sp³-hybridized carbons (Fsp3) is 0.0714. The van der Waals surface area contributed by atoms with Crippen molar-refractivity contribution in [2.75, 3.05) is 5.32 Å². The zero-order chi connectivity index (χ0) is 13.8. The van der Waals surface area contributed by atoms with Gasteiger partial charge in [-0.1, -0.05) is 41.4 Å². The van der Waals surface area contributed by atoms with Crippen LogP contribution in [0.4, 0.5) is 11.4 Å². The van der Waals surface area contributed by atoms with Gasteiger partial charge in [-0.25, -0.2) is 0 Å². The molecule has 0 amide bonds. The molecular weight excluding hydrogens is 308 g/mol. The molecule has 3 nitrogen and oxygen atoms in total. The van der Waals surface area contributed by atoms with Crippen LogP contribution in [0.15, 0.2) is 42.5 Å². The quantitative estimate of drug-likeness (QED) is 0.531. The van der Waals surface area contributed by atoms with E-state index in [-0.39, 0.29) is 35.5 Å². The van der Waals surface area contributed by atoms with Crippen LogP contribution in [0.5, 0.6) is 5.75 Å². The third-order valence-electron chi connectivity index (χ3n) is 2.36. The Labute approximate surface area is 149 Å². The van der Waals surface area contributed by atoms with Gasteiger partial charge < -0.3 is 10.1 Å². The summed E-state index contributed by atoms with van der Waals surface area (Å²) in [6.45, 7) is 1.35. The number of ether oxygens (including phenoxy) is 1. The normalized spacial score (nSPS) is 9.55. The van der Waals surface area contributed by atoms with Gasteiger partial charge >= 0.3 is 35.5 Å². The van der Waals surface area contributed by atoms with Crippen molar-refractivity contribution in [1.29, 1.82) is 0 Å². The molecule has 0 aliphatic rings. The second kappa shape index (κ2) is 7.91. The first-order chi connectivity index (χ1) is 9.08. The van der Waals surface area contributed by atoms with Crippen molar-refractivity contribution in [1.82, 2.24) is 0 Å². The maximum atomic E-state index is 11.0. The SMILES string of the molecule is CC(=O)Oc1ccccc1Nc1c(Cl)cccc1Cl.[Na+]. The van der Waals surface area contributed by atoms with E-state index in [2.05, 4.69) is 5.32 Å². The smallest absolute Gasteiger partial charge is 0.424 e. The van der Waals surface area contributed by atoms with Crippen molar-refractivity contribution in [2.45, 2.75) is 6.92 Å². The Morgan fingerprint density at radius 1 is 1.05 bits per heavy atom. The number of benzene rings is 2. The Morgan fingerprint density at radius 3 is 2.25 bits per heavy atom. The van der Waals surface area contributed by atoms with Crippen molar-refractivity contribution in [3.05, 3.63) is 52.5 Å². The second-order valence-corrected chi connectivity index (χ2v) is 4.63. The summed E-state index contributed by atoms with van der Waals surface area (Å²) in [4.78, 5) is 11.0. The number of rotatable bonds is 3. The Balaban J connectivity index is 0.00000200. The Morgan fingerprint density at radius 2 is 1.65 bits per heavy atom. The van der Waals surface area contributed by atoms with Crippen LogP contribution in [-0.2, 0) is 4.79 Å². The number of carbonyl (C=O) groups is 1. The van der Waals surface area contributed by atoms with Crippen LogP contribution in [0.2, 0.25) is 10.0 Å². The summed E-state index contributed by atoms with van der Waals surface area (Å²) in [6.07, 6.45) is 0. The molecule has 0 bridgehead atoms. The number of esters is 1. The molecular formula is C14H11Cl2NNaO2+. The maximum Gasteiger partial charge on any atom is 1.00 e. The average Bonchev–Trinajstić information content (AvgIpc) is 2.35. The van der Waals surface area contributed by atoms with E-state index < -0.39 is 0 Å².